The molecule has 4 N–H and O–H groups in total. The molecule has 2 aromatic heterocycles. The molecule has 0 saturated carbocycles. The second-order valence-electron chi connectivity index (χ2n) is 9.84. The van der Waals surface area contributed by atoms with Gasteiger partial charge in [-0.25, -0.2) is 9.97 Å². The summed E-state index contributed by atoms with van der Waals surface area (Å²) in [4.78, 5) is 13.6. The van der Waals surface area contributed by atoms with Crippen LogP contribution in [0.4, 0.5) is 23.0 Å². The molecule has 1 aliphatic heterocycles. The molecule has 4 aromatic rings. The van der Waals surface area contributed by atoms with Gasteiger partial charge in [-0.05, 0) is 38.6 Å². The number of nitrogens with two attached hydrogens (primary N) is 1. The largest absolute Gasteiger partial charge is 0.494 e. The predicted molar refractivity (Wildman–Crippen MR) is 150 cm³/mol. The Morgan fingerprint density at radius 3 is 2.78 bits per heavy atom. The van der Waals surface area contributed by atoms with E-state index in [-0.39, 0.29) is 6.61 Å². The van der Waals surface area contributed by atoms with E-state index in [0.29, 0.717) is 28.6 Å². The van der Waals surface area contributed by atoms with E-state index in [1.165, 1.54) is 11.1 Å². The maximum Gasteiger partial charge on any atom is 0.227 e. The van der Waals surface area contributed by atoms with E-state index in [1.807, 2.05) is 33.3 Å². The van der Waals surface area contributed by atoms with Gasteiger partial charge in [-0.15, -0.1) is 0 Å². The van der Waals surface area contributed by atoms with Crippen molar-refractivity contribution in [1.29, 1.82) is 0 Å². The number of hydrogen-bond donors (Lipinski definition) is 3. The third-order valence-electron chi connectivity index (χ3n) is 7.01. The molecule has 0 aliphatic carbocycles. The maximum atomic E-state index is 10.1. The summed E-state index contributed by atoms with van der Waals surface area (Å²) in [6.45, 7) is 2.57. The highest BCUT2D eigenvalue weighted by Gasteiger charge is 2.20. The number of likely N-dealkylation sites (N-methyl/N-ethyl adjacent to an activating group) is 2. The Balaban J connectivity index is 1.51. The Kier molecular flexibility index (Phi) is 6.90. The summed E-state index contributed by atoms with van der Waals surface area (Å²) in [6, 6.07) is 10.2. The normalized spacial score (nSPS) is 12.8. The Morgan fingerprint density at radius 1 is 1.19 bits per heavy atom. The van der Waals surface area contributed by atoms with Crippen LogP contribution in [0.25, 0.3) is 22.2 Å². The summed E-state index contributed by atoms with van der Waals surface area (Å²) < 4.78 is 7.99. The first-order valence-electron chi connectivity index (χ1n) is 12.6. The summed E-state index contributed by atoms with van der Waals surface area (Å²) in [7, 11) is 7.75. The van der Waals surface area contributed by atoms with Gasteiger partial charge in [-0.3, -0.25) is 0 Å². The van der Waals surface area contributed by atoms with E-state index in [0.717, 1.165) is 54.8 Å². The number of rotatable bonds is 9. The molecular weight excluding hydrogens is 466 g/mol. The Hall–Kier alpha value is -3.82. The van der Waals surface area contributed by atoms with Crippen LogP contribution in [0, 0.1) is 0 Å². The number of aromatic nitrogens is 3. The summed E-state index contributed by atoms with van der Waals surface area (Å²) in [6.07, 6.45) is 6.02. The highest BCUT2D eigenvalue weighted by atomic mass is 16.5. The highest BCUT2D eigenvalue weighted by molar-refractivity contribution is 5.98. The van der Waals surface area contributed by atoms with Crippen LogP contribution in [0.1, 0.15) is 17.5 Å². The first kappa shape index (κ1) is 24.9. The fraction of sp³-hybridized carbons (Fsp3) is 0.357. The van der Waals surface area contributed by atoms with Gasteiger partial charge in [0.1, 0.15) is 5.75 Å². The number of nitrogens with zero attached hydrogens (tertiary/aromatic N) is 5. The lowest BCUT2D eigenvalue weighted by molar-refractivity contribution is 0.281. The van der Waals surface area contributed by atoms with Crippen molar-refractivity contribution >= 4 is 33.9 Å². The quantitative estimate of drug-likeness (QED) is 0.297. The fourth-order valence-corrected chi connectivity index (χ4v) is 5.03. The number of nitrogen functional groups attached to an aromatic ring is 1. The van der Waals surface area contributed by atoms with E-state index in [9.17, 15) is 5.11 Å². The number of para-hydroxylation sites is 1. The minimum absolute atomic E-state index is 0.147. The van der Waals surface area contributed by atoms with E-state index in [1.54, 1.807) is 13.3 Å². The SMILES string of the molecule is COc1cc(N(C)CCN(C)C)c(N)cc1Nc1ncc(CO)c(-c2cn3c4c(cccc24)CCC3)n1. The molecule has 0 bridgehead atoms. The van der Waals surface area contributed by atoms with Crippen molar-refractivity contribution in [3.05, 3.63) is 53.9 Å². The summed E-state index contributed by atoms with van der Waals surface area (Å²) in [5.74, 6) is 1.05. The van der Waals surface area contributed by atoms with Crippen molar-refractivity contribution in [2.75, 3.05) is 57.3 Å². The van der Waals surface area contributed by atoms with Gasteiger partial charge in [-0.2, -0.15) is 0 Å². The minimum Gasteiger partial charge on any atom is -0.494 e. The van der Waals surface area contributed by atoms with E-state index in [4.69, 9.17) is 15.5 Å². The van der Waals surface area contributed by atoms with Crippen LogP contribution in [0.15, 0.2) is 42.7 Å². The molecule has 9 nitrogen and oxygen atoms in total. The van der Waals surface area contributed by atoms with Gasteiger partial charge < -0.3 is 35.3 Å². The Morgan fingerprint density at radius 2 is 2.03 bits per heavy atom. The standard InChI is InChI=1S/C28H35N7O2/c1-33(2)11-12-34(3)24-14-25(37-4)23(13-22(24)29)31-28-30-15-19(17-36)26(32-28)21-16-35-10-6-8-18-7-5-9-20(21)27(18)35/h5,7,9,13-16,36H,6,8,10-12,17,29H2,1-4H3,(H,30,31,32). The molecule has 2 aromatic carbocycles. The molecule has 0 unspecified atom stereocenters. The van der Waals surface area contributed by atoms with Crippen molar-refractivity contribution in [3.8, 4) is 17.0 Å². The van der Waals surface area contributed by atoms with Crippen molar-refractivity contribution in [2.45, 2.75) is 26.0 Å². The zero-order valence-corrected chi connectivity index (χ0v) is 22.0. The third kappa shape index (κ3) is 4.80. The summed E-state index contributed by atoms with van der Waals surface area (Å²) in [5.41, 5.74) is 13.6. The van der Waals surface area contributed by atoms with Gasteiger partial charge in [0, 0.05) is 61.7 Å². The minimum atomic E-state index is -0.147. The van der Waals surface area contributed by atoms with Crippen LogP contribution in [0.3, 0.4) is 0 Å². The molecule has 0 amide bonds. The second kappa shape index (κ2) is 10.3. The zero-order valence-electron chi connectivity index (χ0n) is 22.0. The molecule has 3 heterocycles. The summed E-state index contributed by atoms with van der Waals surface area (Å²) >= 11 is 0. The van der Waals surface area contributed by atoms with E-state index < -0.39 is 0 Å². The average Bonchev–Trinajstić information content (AvgIpc) is 3.28. The molecule has 0 saturated heterocycles. The highest BCUT2D eigenvalue weighted by Crippen LogP contribution is 2.38. The zero-order chi connectivity index (χ0) is 26.1. The van der Waals surface area contributed by atoms with Gasteiger partial charge in [0.2, 0.25) is 5.95 Å². The van der Waals surface area contributed by atoms with Crippen molar-refractivity contribution in [2.24, 2.45) is 0 Å². The predicted octanol–water partition coefficient (Wildman–Crippen LogP) is 3.87. The first-order chi connectivity index (χ1) is 17.9. The number of aliphatic hydroxyl groups excluding tert-OH is 1. The lowest BCUT2D eigenvalue weighted by atomic mass is 10.0. The van der Waals surface area contributed by atoms with Crippen LogP contribution >= 0.6 is 0 Å². The van der Waals surface area contributed by atoms with Crippen LogP contribution in [0.2, 0.25) is 0 Å². The van der Waals surface area contributed by atoms with Gasteiger partial charge in [0.15, 0.2) is 0 Å². The first-order valence-corrected chi connectivity index (χ1v) is 12.6. The second-order valence-corrected chi connectivity index (χ2v) is 9.84. The van der Waals surface area contributed by atoms with Crippen molar-refractivity contribution in [3.63, 3.8) is 0 Å². The molecule has 37 heavy (non-hydrogen) atoms. The lowest BCUT2D eigenvalue weighted by Crippen LogP contribution is -2.29. The van der Waals surface area contributed by atoms with Gasteiger partial charge >= 0.3 is 0 Å². The fourth-order valence-electron chi connectivity index (χ4n) is 5.03. The number of nitrogens with one attached hydrogen (secondary N) is 1. The van der Waals surface area contributed by atoms with Crippen LogP contribution in [0.5, 0.6) is 5.75 Å². The molecular formula is C28H35N7O2. The number of methoxy groups -OCH3 is 1. The molecule has 1 aliphatic rings. The lowest BCUT2D eigenvalue weighted by Gasteiger charge is -2.24. The monoisotopic (exact) mass is 501 g/mol. The Bertz CT molecular complexity index is 1430. The van der Waals surface area contributed by atoms with Gasteiger partial charge in [0.05, 0.1) is 42.0 Å². The van der Waals surface area contributed by atoms with Crippen LogP contribution in [-0.2, 0) is 19.6 Å². The molecule has 0 atom stereocenters. The number of anilines is 4. The number of ether oxygens (including phenoxy) is 1. The van der Waals surface area contributed by atoms with Gasteiger partial charge in [0.25, 0.3) is 0 Å². The van der Waals surface area contributed by atoms with Gasteiger partial charge in [-0.1, -0.05) is 18.2 Å². The molecule has 194 valence electrons. The molecule has 5 rings (SSSR count). The van der Waals surface area contributed by atoms with E-state index in [2.05, 4.69) is 49.1 Å². The number of aryl methyl sites for hydroxylation is 2. The molecule has 0 spiro atoms. The van der Waals surface area contributed by atoms with E-state index >= 15 is 0 Å². The molecule has 9 heteroatoms. The van der Waals surface area contributed by atoms with Crippen molar-refractivity contribution in [1.82, 2.24) is 19.4 Å². The number of aliphatic hydroxyl groups is 1. The smallest absolute Gasteiger partial charge is 0.227 e. The third-order valence-corrected chi connectivity index (χ3v) is 7.01. The average molecular weight is 502 g/mol. The number of benzene rings is 2. The topological polar surface area (TPSA) is 105 Å². The molecule has 0 fully saturated rings. The van der Waals surface area contributed by atoms with Crippen LogP contribution < -0.4 is 20.7 Å². The van der Waals surface area contributed by atoms with Crippen molar-refractivity contribution < 1.29 is 9.84 Å². The molecule has 0 radical (unpaired) electrons. The summed E-state index contributed by atoms with van der Waals surface area (Å²) in [5, 5.41) is 14.5. The van der Waals surface area contributed by atoms with Crippen LogP contribution in [-0.4, -0.2) is 65.9 Å². The Labute approximate surface area is 217 Å². The maximum absolute atomic E-state index is 10.1. The number of hydrogen-bond acceptors (Lipinski definition) is 8.